The molecular weight excluding hydrogens is 402 g/mol. The van der Waals surface area contributed by atoms with Crippen molar-refractivity contribution in [3.63, 3.8) is 0 Å². The molecule has 0 saturated carbocycles. The molecule has 10 heteroatoms. The van der Waals surface area contributed by atoms with E-state index in [0.717, 1.165) is 21.7 Å². The summed E-state index contributed by atoms with van der Waals surface area (Å²) in [5.41, 5.74) is 1.78. The number of aromatic nitrogens is 2. The zero-order valence-electron chi connectivity index (χ0n) is 15.5. The largest absolute Gasteiger partial charge is 0.338 e. The van der Waals surface area contributed by atoms with Gasteiger partial charge in [-0.3, -0.25) is 0 Å². The van der Waals surface area contributed by atoms with E-state index in [1.54, 1.807) is 0 Å². The van der Waals surface area contributed by atoms with E-state index in [4.69, 9.17) is 4.52 Å². The summed E-state index contributed by atoms with van der Waals surface area (Å²) in [6.07, 6.45) is 1.06. The van der Waals surface area contributed by atoms with Crippen molar-refractivity contribution in [1.82, 2.24) is 14.4 Å². The molecular formula is C18H19N3O5S2. The number of nitrogens with zero attached hydrogens (tertiary/aromatic N) is 3. The zero-order valence-corrected chi connectivity index (χ0v) is 17.2. The molecule has 8 nitrogen and oxygen atoms in total. The average molecular weight is 422 g/mol. The minimum absolute atomic E-state index is 0.0268. The van der Waals surface area contributed by atoms with Gasteiger partial charge in [0.25, 0.3) is 0 Å². The average Bonchev–Trinajstić information content (AvgIpc) is 3.09. The predicted molar refractivity (Wildman–Crippen MR) is 103 cm³/mol. The second-order valence-corrected chi connectivity index (χ2v) is 10.4. The minimum Gasteiger partial charge on any atom is -0.338 e. The molecule has 148 valence electrons. The van der Waals surface area contributed by atoms with Crippen LogP contribution in [0.3, 0.4) is 0 Å². The Morgan fingerprint density at radius 1 is 0.964 bits per heavy atom. The fourth-order valence-corrected chi connectivity index (χ4v) is 4.32. The van der Waals surface area contributed by atoms with Crippen LogP contribution in [0.4, 0.5) is 0 Å². The van der Waals surface area contributed by atoms with Crippen LogP contribution < -0.4 is 0 Å². The predicted octanol–water partition coefficient (Wildman–Crippen LogP) is 2.27. The van der Waals surface area contributed by atoms with Crippen LogP contribution in [0, 0.1) is 6.92 Å². The van der Waals surface area contributed by atoms with Gasteiger partial charge in [-0.15, -0.1) is 0 Å². The fraction of sp³-hybridized carbons (Fsp3) is 0.222. The molecule has 0 saturated heterocycles. The molecule has 28 heavy (non-hydrogen) atoms. The van der Waals surface area contributed by atoms with Crippen molar-refractivity contribution in [2.75, 3.05) is 13.3 Å². The van der Waals surface area contributed by atoms with Crippen LogP contribution in [0.25, 0.3) is 11.4 Å². The first-order valence-corrected chi connectivity index (χ1v) is 11.6. The highest BCUT2D eigenvalue weighted by Crippen LogP contribution is 2.22. The lowest BCUT2D eigenvalue weighted by atomic mass is 10.1. The van der Waals surface area contributed by atoms with Crippen molar-refractivity contribution >= 4 is 19.9 Å². The van der Waals surface area contributed by atoms with Crippen LogP contribution in [0.1, 0.15) is 11.5 Å². The molecule has 0 aliphatic rings. The van der Waals surface area contributed by atoms with E-state index in [-0.39, 0.29) is 22.2 Å². The molecule has 1 heterocycles. The van der Waals surface area contributed by atoms with Gasteiger partial charge in [-0.05, 0) is 36.8 Å². The van der Waals surface area contributed by atoms with E-state index in [1.807, 2.05) is 31.2 Å². The number of hydrogen-bond donors (Lipinski definition) is 0. The third-order valence-electron chi connectivity index (χ3n) is 4.17. The number of hydrogen-bond acceptors (Lipinski definition) is 7. The Kier molecular flexibility index (Phi) is 5.37. The highest BCUT2D eigenvalue weighted by atomic mass is 32.2. The molecule has 3 rings (SSSR count). The summed E-state index contributed by atoms with van der Waals surface area (Å²) in [5.74, 6) is 0.536. The lowest BCUT2D eigenvalue weighted by Gasteiger charge is -2.15. The van der Waals surface area contributed by atoms with Crippen LogP contribution in [-0.4, -0.2) is 44.6 Å². The first-order chi connectivity index (χ1) is 13.1. The molecule has 3 aromatic rings. The molecule has 0 N–H and O–H groups in total. The molecule has 0 atom stereocenters. The van der Waals surface area contributed by atoms with E-state index in [0.29, 0.717) is 5.82 Å². The summed E-state index contributed by atoms with van der Waals surface area (Å²) in [6, 6.07) is 12.6. The van der Waals surface area contributed by atoms with Gasteiger partial charge in [0, 0.05) is 18.9 Å². The van der Waals surface area contributed by atoms with Crippen molar-refractivity contribution in [3.05, 3.63) is 60.0 Å². The standard InChI is InChI=1S/C18H19N3O5S2/c1-13-6-4-5-7-16(13)18-19-17(26-20-18)12-21(2)28(24,25)15-10-8-14(9-11-15)27(3,22)23/h4-11H,12H2,1-3H3. The van der Waals surface area contributed by atoms with Crippen molar-refractivity contribution in [3.8, 4) is 11.4 Å². The summed E-state index contributed by atoms with van der Waals surface area (Å²) < 4.78 is 54.7. The molecule has 0 amide bonds. The van der Waals surface area contributed by atoms with E-state index in [1.165, 1.54) is 31.3 Å². The first kappa shape index (κ1) is 20.2. The maximum absolute atomic E-state index is 12.7. The Morgan fingerprint density at radius 3 is 2.18 bits per heavy atom. The van der Waals surface area contributed by atoms with Gasteiger partial charge in [0.2, 0.25) is 21.7 Å². The van der Waals surface area contributed by atoms with Crippen molar-refractivity contribution in [1.29, 1.82) is 0 Å². The van der Waals surface area contributed by atoms with Crippen LogP contribution in [-0.2, 0) is 26.4 Å². The smallest absolute Gasteiger partial charge is 0.243 e. The van der Waals surface area contributed by atoms with Gasteiger partial charge in [-0.2, -0.15) is 9.29 Å². The molecule has 0 bridgehead atoms. The third kappa shape index (κ3) is 4.13. The van der Waals surface area contributed by atoms with Crippen LogP contribution in [0.5, 0.6) is 0 Å². The van der Waals surface area contributed by atoms with Crippen LogP contribution in [0.2, 0.25) is 0 Å². The van der Waals surface area contributed by atoms with E-state index < -0.39 is 19.9 Å². The first-order valence-electron chi connectivity index (χ1n) is 8.24. The van der Waals surface area contributed by atoms with Crippen LogP contribution in [0.15, 0.2) is 62.8 Å². The second kappa shape index (κ2) is 7.46. The number of benzene rings is 2. The highest BCUT2D eigenvalue weighted by Gasteiger charge is 2.24. The Morgan fingerprint density at radius 2 is 1.57 bits per heavy atom. The van der Waals surface area contributed by atoms with Gasteiger partial charge in [0.05, 0.1) is 16.3 Å². The lowest BCUT2D eigenvalue weighted by molar-refractivity contribution is 0.336. The topological polar surface area (TPSA) is 110 Å². The van der Waals surface area contributed by atoms with Gasteiger partial charge in [-0.1, -0.05) is 29.4 Å². The minimum atomic E-state index is -3.85. The Balaban J connectivity index is 1.81. The molecule has 2 aromatic carbocycles. The molecule has 0 fully saturated rings. The number of aryl methyl sites for hydroxylation is 1. The lowest BCUT2D eigenvalue weighted by Crippen LogP contribution is -2.26. The fourth-order valence-electron chi connectivity index (χ4n) is 2.57. The molecule has 1 aromatic heterocycles. The second-order valence-electron chi connectivity index (χ2n) is 6.33. The summed E-state index contributed by atoms with van der Waals surface area (Å²) in [5, 5.41) is 3.92. The normalized spacial score (nSPS) is 12.4. The molecule has 0 spiro atoms. The number of sulfonamides is 1. The van der Waals surface area contributed by atoms with E-state index >= 15 is 0 Å². The summed E-state index contributed by atoms with van der Waals surface area (Å²) in [6.45, 7) is 1.80. The maximum atomic E-state index is 12.7. The monoisotopic (exact) mass is 421 g/mol. The maximum Gasteiger partial charge on any atom is 0.243 e. The molecule has 0 aliphatic heterocycles. The molecule has 0 unspecified atom stereocenters. The van der Waals surface area contributed by atoms with E-state index in [9.17, 15) is 16.8 Å². The number of sulfone groups is 1. The quantitative estimate of drug-likeness (QED) is 0.600. The SMILES string of the molecule is Cc1ccccc1-c1noc(CN(C)S(=O)(=O)c2ccc(S(C)(=O)=O)cc2)n1. The third-order valence-corrected chi connectivity index (χ3v) is 7.12. The molecule has 0 radical (unpaired) electrons. The van der Waals surface area contributed by atoms with Gasteiger partial charge in [-0.25, -0.2) is 16.8 Å². The highest BCUT2D eigenvalue weighted by molar-refractivity contribution is 7.90. The van der Waals surface area contributed by atoms with Gasteiger partial charge < -0.3 is 4.52 Å². The van der Waals surface area contributed by atoms with E-state index in [2.05, 4.69) is 10.1 Å². The Bertz CT molecular complexity index is 1200. The Labute approximate surface area is 163 Å². The van der Waals surface area contributed by atoms with Crippen molar-refractivity contribution in [2.45, 2.75) is 23.3 Å². The number of rotatable bonds is 6. The summed E-state index contributed by atoms with van der Waals surface area (Å²) in [4.78, 5) is 4.29. The molecule has 0 aliphatic carbocycles. The Hall–Kier alpha value is -2.56. The van der Waals surface area contributed by atoms with Crippen molar-refractivity contribution in [2.24, 2.45) is 0 Å². The van der Waals surface area contributed by atoms with Gasteiger partial charge in [0.15, 0.2) is 9.84 Å². The van der Waals surface area contributed by atoms with Gasteiger partial charge >= 0.3 is 0 Å². The van der Waals surface area contributed by atoms with Crippen LogP contribution >= 0.6 is 0 Å². The summed E-state index contributed by atoms with van der Waals surface area (Å²) in [7, 11) is -5.87. The summed E-state index contributed by atoms with van der Waals surface area (Å²) >= 11 is 0. The van der Waals surface area contributed by atoms with Crippen molar-refractivity contribution < 1.29 is 21.4 Å². The zero-order chi connectivity index (χ0) is 20.5. The van der Waals surface area contributed by atoms with Gasteiger partial charge in [0.1, 0.15) is 0 Å².